The normalized spacial score (nSPS) is 13.1. The molecule has 1 aromatic rings. The largest absolute Gasteiger partial charge is 0.373 e. The molecule has 0 bridgehead atoms. The van der Waals surface area contributed by atoms with Crippen LogP contribution in [0.3, 0.4) is 0 Å². The summed E-state index contributed by atoms with van der Waals surface area (Å²) in [5, 5.41) is 4.17. The van der Waals surface area contributed by atoms with Gasteiger partial charge < -0.3 is 10.1 Å². The van der Waals surface area contributed by atoms with Crippen molar-refractivity contribution in [1.29, 1.82) is 0 Å². The fourth-order valence-corrected chi connectivity index (χ4v) is 1.82. The predicted octanol–water partition coefficient (Wildman–Crippen LogP) is 3.14. The Labute approximate surface area is 95.9 Å². The van der Waals surface area contributed by atoms with Crippen molar-refractivity contribution >= 4 is 16.5 Å². The molecule has 15 heavy (non-hydrogen) atoms. The highest BCUT2D eigenvalue weighted by Crippen LogP contribution is 2.19. The second kappa shape index (κ2) is 6.08. The fraction of sp³-hybridized carbons (Fsp3) is 0.727. The van der Waals surface area contributed by atoms with Crippen molar-refractivity contribution in [2.45, 2.75) is 40.4 Å². The maximum absolute atomic E-state index is 5.72. The molecule has 0 aromatic carbocycles. The lowest BCUT2D eigenvalue weighted by molar-refractivity contribution is 0.0248. The third kappa shape index (κ3) is 4.18. The summed E-state index contributed by atoms with van der Waals surface area (Å²) < 4.78 is 5.72. The molecule has 0 aliphatic heterocycles. The molecule has 0 saturated carbocycles. The van der Waals surface area contributed by atoms with E-state index in [1.807, 2.05) is 6.20 Å². The predicted molar refractivity (Wildman–Crippen MR) is 65.4 cm³/mol. The highest BCUT2D eigenvalue weighted by molar-refractivity contribution is 7.15. The van der Waals surface area contributed by atoms with Crippen molar-refractivity contribution in [3.8, 4) is 0 Å². The highest BCUT2D eigenvalue weighted by Gasteiger charge is 2.08. The first kappa shape index (κ1) is 12.5. The minimum Gasteiger partial charge on any atom is -0.373 e. The van der Waals surface area contributed by atoms with E-state index < -0.39 is 0 Å². The standard InChI is InChI=1S/C11H20N2OS/c1-5-12-11-13-6-10(15-11)7-14-9(4)8(2)3/h6,8-9H,5,7H2,1-4H3,(H,12,13). The number of thiazole rings is 1. The number of nitrogens with one attached hydrogen (secondary N) is 1. The molecule has 1 unspecified atom stereocenters. The van der Waals surface area contributed by atoms with Crippen LogP contribution in [0.15, 0.2) is 6.20 Å². The Kier molecular flexibility index (Phi) is 5.05. The van der Waals surface area contributed by atoms with Gasteiger partial charge in [0.05, 0.1) is 17.6 Å². The molecule has 3 nitrogen and oxygen atoms in total. The quantitative estimate of drug-likeness (QED) is 0.812. The number of ether oxygens (including phenoxy) is 1. The maximum atomic E-state index is 5.72. The lowest BCUT2D eigenvalue weighted by atomic mass is 10.1. The summed E-state index contributed by atoms with van der Waals surface area (Å²) in [7, 11) is 0. The molecule has 0 aliphatic carbocycles. The average Bonchev–Trinajstić information content (AvgIpc) is 2.62. The van der Waals surface area contributed by atoms with Crippen LogP contribution < -0.4 is 5.32 Å². The third-order valence-corrected chi connectivity index (χ3v) is 3.24. The van der Waals surface area contributed by atoms with Crippen molar-refractivity contribution in [1.82, 2.24) is 4.98 Å². The number of hydrogen-bond acceptors (Lipinski definition) is 4. The Morgan fingerprint density at radius 2 is 2.20 bits per heavy atom. The number of anilines is 1. The smallest absolute Gasteiger partial charge is 0.182 e. The number of rotatable bonds is 6. The second-order valence-corrected chi connectivity index (χ2v) is 5.04. The Balaban J connectivity index is 2.37. The van der Waals surface area contributed by atoms with Crippen LogP contribution in [0.2, 0.25) is 0 Å². The van der Waals surface area contributed by atoms with E-state index in [0.717, 1.165) is 11.7 Å². The van der Waals surface area contributed by atoms with Crippen LogP contribution >= 0.6 is 11.3 Å². The van der Waals surface area contributed by atoms with Crippen molar-refractivity contribution in [3.63, 3.8) is 0 Å². The van der Waals surface area contributed by atoms with Gasteiger partial charge in [0.25, 0.3) is 0 Å². The zero-order valence-electron chi connectivity index (χ0n) is 9.91. The van der Waals surface area contributed by atoms with Gasteiger partial charge in [-0.15, -0.1) is 0 Å². The Hall–Kier alpha value is -0.610. The van der Waals surface area contributed by atoms with E-state index in [9.17, 15) is 0 Å². The Bertz CT molecular complexity index is 286. The van der Waals surface area contributed by atoms with Gasteiger partial charge in [0.1, 0.15) is 0 Å². The minimum atomic E-state index is 0.301. The number of hydrogen-bond donors (Lipinski definition) is 1. The topological polar surface area (TPSA) is 34.2 Å². The average molecular weight is 228 g/mol. The zero-order chi connectivity index (χ0) is 11.3. The first-order valence-corrected chi connectivity index (χ1v) is 6.25. The van der Waals surface area contributed by atoms with E-state index in [1.165, 1.54) is 4.88 Å². The number of nitrogens with zero attached hydrogens (tertiary/aromatic N) is 1. The summed E-state index contributed by atoms with van der Waals surface area (Å²) in [6, 6.07) is 0. The molecule has 86 valence electrons. The molecule has 0 spiro atoms. The number of aromatic nitrogens is 1. The minimum absolute atomic E-state index is 0.301. The molecule has 1 N–H and O–H groups in total. The molecular weight excluding hydrogens is 208 g/mol. The lowest BCUT2D eigenvalue weighted by Crippen LogP contribution is -2.14. The van der Waals surface area contributed by atoms with Gasteiger partial charge in [0.15, 0.2) is 5.13 Å². The SMILES string of the molecule is CCNc1ncc(COC(C)C(C)C)s1. The molecular formula is C11H20N2OS. The highest BCUT2D eigenvalue weighted by atomic mass is 32.1. The van der Waals surface area contributed by atoms with Crippen LogP contribution in [-0.4, -0.2) is 17.6 Å². The molecule has 0 radical (unpaired) electrons. The van der Waals surface area contributed by atoms with Gasteiger partial charge in [0, 0.05) is 12.7 Å². The fourth-order valence-electron chi connectivity index (χ4n) is 1.01. The summed E-state index contributed by atoms with van der Waals surface area (Å²) in [5.41, 5.74) is 0. The molecule has 0 amide bonds. The van der Waals surface area contributed by atoms with Gasteiger partial charge in [-0.1, -0.05) is 25.2 Å². The molecule has 1 atom stereocenters. The molecule has 4 heteroatoms. The Morgan fingerprint density at radius 1 is 1.47 bits per heavy atom. The van der Waals surface area contributed by atoms with Crippen molar-refractivity contribution in [2.24, 2.45) is 5.92 Å². The summed E-state index contributed by atoms with van der Waals surface area (Å²) in [6.45, 7) is 10.1. The molecule has 1 aromatic heterocycles. The van der Waals surface area contributed by atoms with E-state index >= 15 is 0 Å². The summed E-state index contributed by atoms with van der Waals surface area (Å²) in [5.74, 6) is 0.561. The van der Waals surface area contributed by atoms with Gasteiger partial charge in [-0.25, -0.2) is 4.98 Å². The van der Waals surface area contributed by atoms with Gasteiger partial charge in [-0.05, 0) is 19.8 Å². The Morgan fingerprint density at radius 3 is 2.80 bits per heavy atom. The lowest BCUT2D eigenvalue weighted by Gasteiger charge is -2.15. The summed E-state index contributed by atoms with van der Waals surface area (Å²) in [6.07, 6.45) is 2.19. The molecule has 0 saturated heterocycles. The van der Waals surface area contributed by atoms with Crippen LogP contribution in [0.25, 0.3) is 0 Å². The summed E-state index contributed by atoms with van der Waals surface area (Å²) >= 11 is 1.66. The van der Waals surface area contributed by atoms with E-state index in [1.54, 1.807) is 11.3 Å². The van der Waals surface area contributed by atoms with Gasteiger partial charge in [-0.3, -0.25) is 0 Å². The van der Waals surface area contributed by atoms with Crippen molar-refractivity contribution in [2.75, 3.05) is 11.9 Å². The van der Waals surface area contributed by atoms with Gasteiger partial charge in [0.2, 0.25) is 0 Å². The monoisotopic (exact) mass is 228 g/mol. The first-order chi connectivity index (χ1) is 7.13. The maximum Gasteiger partial charge on any atom is 0.182 e. The molecule has 1 rings (SSSR count). The van der Waals surface area contributed by atoms with Gasteiger partial charge >= 0.3 is 0 Å². The second-order valence-electron chi connectivity index (χ2n) is 3.92. The molecule has 0 aliphatic rings. The zero-order valence-corrected chi connectivity index (χ0v) is 10.7. The van der Waals surface area contributed by atoms with Crippen LogP contribution in [0.4, 0.5) is 5.13 Å². The van der Waals surface area contributed by atoms with Crippen LogP contribution in [0.1, 0.15) is 32.6 Å². The van der Waals surface area contributed by atoms with Crippen LogP contribution in [-0.2, 0) is 11.3 Å². The molecule has 1 heterocycles. The van der Waals surface area contributed by atoms with Crippen molar-refractivity contribution in [3.05, 3.63) is 11.1 Å². The molecule has 0 fully saturated rings. The van der Waals surface area contributed by atoms with Crippen molar-refractivity contribution < 1.29 is 4.74 Å². The van der Waals surface area contributed by atoms with E-state index in [0.29, 0.717) is 18.6 Å². The van der Waals surface area contributed by atoms with E-state index in [-0.39, 0.29) is 0 Å². The van der Waals surface area contributed by atoms with E-state index in [4.69, 9.17) is 4.74 Å². The summed E-state index contributed by atoms with van der Waals surface area (Å²) in [4.78, 5) is 5.44. The van der Waals surface area contributed by atoms with Gasteiger partial charge in [-0.2, -0.15) is 0 Å². The first-order valence-electron chi connectivity index (χ1n) is 5.43. The van der Waals surface area contributed by atoms with E-state index in [2.05, 4.69) is 38.0 Å². The third-order valence-electron chi connectivity index (χ3n) is 2.31. The van der Waals surface area contributed by atoms with Crippen LogP contribution in [0.5, 0.6) is 0 Å². The van der Waals surface area contributed by atoms with Crippen LogP contribution in [0, 0.1) is 5.92 Å².